The van der Waals surface area contributed by atoms with Gasteiger partial charge in [0.15, 0.2) is 0 Å². The second-order valence-electron chi connectivity index (χ2n) is 11.6. The highest BCUT2D eigenvalue weighted by molar-refractivity contribution is 9.10. The summed E-state index contributed by atoms with van der Waals surface area (Å²) in [4.78, 5) is 36.0. The van der Waals surface area contributed by atoms with Crippen LogP contribution in [0.4, 0.5) is 0 Å². The Bertz CT molecular complexity index is 1380. The monoisotopic (exact) mass is 674 g/mol. The number of fused-ring (bicyclic) bond motifs is 1. The lowest BCUT2D eigenvalue weighted by Crippen LogP contribution is -2.49. The van der Waals surface area contributed by atoms with Crippen LogP contribution >= 0.6 is 39.3 Å². The highest BCUT2D eigenvalue weighted by Gasteiger charge is 2.58. The summed E-state index contributed by atoms with van der Waals surface area (Å²) in [7, 11) is 0. The maximum atomic E-state index is 14.4. The summed E-state index contributed by atoms with van der Waals surface area (Å²) < 4.78 is 5.49. The summed E-state index contributed by atoms with van der Waals surface area (Å²) in [6.45, 7) is 9.67. The van der Waals surface area contributed by atoms with E-state index >= 15 is 0 Å². The van der Waals surface area contributed by atoms with E-state index in [0.717, 1.165) is 77.9 Å². The van der Waals surface area contributed by atoms with E-state index in [2.05, 4.69) is 45.0 Å². The van der Waals surface area contributed by atoms with Crippen molar-refractivity contribution in [1.82, 2.24) is 20.1 Å². The third-order valence-electron chi connectivity index (χ3n) is 8.20. The molecular weight excluding hydrogens is 636 g/mol. The molecule has 0 radical (unpaired) electrons. The summed E-state index contributed by atoms with van der Waals surface area (Å²) in [6, 6.07) is 13.4. The smallest absolute Gasteiger partial charge is 0.239 e. The fourth-order valence-corrected chi connectivity index (χ4v) is 8.14. The van der Waals surface area contributed by atoms with Crippen molar-refractivity contribution in [3.05, 3.63) is 69.3 Å². The van der Waals surface area contributed by atoms with E-state index in [0.29, 0.717) is 24.0 Å². The maximum absolute atomic E-state index is 14.4. The Balaban J connectivity index is 1.48. The van der Waals surface area contributed by atoms with Gasteiger partial charge in [-0.2, -0.15) is 0 Å². The fraction of sp³-hybridized carbons (Fsp3) is 0.500. The third kappa shape index (κ3) is 7.18. The molecule has 0 spiro atoms. The number of aromatic amines is 1. The van der Waals surface area contributed by atoms with Crippen molar-refractivity contribution >= 4 is 62.0 Å². The van der Waals surface area contributed by atoms with E-state index in [1.807, 2.05) is 53.6 Å². The van der Waals surface area contributed by atoms with Gasteiger partial charge >= 0.3 is 0 Å². The molecule has 2 fully saturated rings. The minimum atomic E-state index is -0.963. The predicted molar refractivity (Wildman–Crippen MR) is 175 cm³/mol. The first-order valence-corrected chi connectivity index (χ1v) is 17.0. The van der Waals surface area contributed by atoms with E-state index in [9.17, 15) is 9.59 Å². The number of amides is 2. The van der Waals surface area contributed by atoms with Crippen LogP contribution in [-0.2, 0) is 20.9 Å². The van der Waals surface area contributed by atoms with Crippen LogP contribution in [-0.4, -0.2) is 76.5 Å². The van der Waals surface area contributed by atoms with Crippen molar-refractivity contribution in [2.45, 2.75) is 50.4 Å². The number of benzene rings is 2. The summed E-state index contributed by atoms with van der Waals surface area (Å²) in [6.07, 6.45) is 3.94. The standard InChI is InChI=1S/C32H40BrClN4O3S/c1-22(2)10-17-42-32(31(40)35-11-3-12-37-13-15-41-16-14-37)19-29(39)38(21-23-4-6-24(33)7-5-23)30(32)27-20-36-28-18-25(34)8-9-26(27)28/h4-9,18,20,22,30,36H,3,10-17,19,21H2,1-2H3,(H,35,40)/t30-,32-/m0/s1. The molecule has 2 amide bonds. The van der Waals surface area contributed by atoms with Crippen molar-refractivity contribution in [3.8, 4) is 0 Å². The summed E-state index contributed by atoms with van der Waals surface area (Å²) >= 11 is 11.5. The molecule has 2 atom stereocenters. The molecule has 2 aromatic carbocycles. The third-order valence-corrected chi connectivity index (χ3v) is 10.5. The van der Waals surface area contributed by atoms with Gasteiger partial charge < -0.3 is 19.9 Å². The number of carbonyl (C=O) groups is 2. The number of hydrogen-bond donors (Lipinski definition) is 2. The molecule has 2 saturated heterocycles. The summed E-state index contributed by atoms with van der Waals surface area (Å²) in [5.74, 6) is 1.23. The van der Waals surface area contributed by atoms with Gasteiger partial charge in [0.05, 0.1) is 25.7 Å². The van der Waals surface area contributed by atoms with Crippen molar-refractivity contribution in [2.75, 3.05) is 45.1 Å². The zero-order valence-corrected chi connectivity index (χ0v) is 27.5. The maximum Gasteiger partial charge on any atom is 0.239 e. The van der Waals surface area contributed by atoms with Crippen LogP contribution in [0.2, 0.25) is 5.02 Å². The number of nitrogens with one attached hydrogen (secondary N) is 2. The van der Waals surface area contributed by atoms with Gasteiger partial charge in [-0.05, 0) is 60.9 Å². The van der Waals surface area contributed by atoms with Crippen LogP contribution < -0.4 is 5.32 Å². The zero-order chi connectivity index (χ0) is 29.7. The molecule has 0 aliphatic carbocycles. The van der Waals surface area contributed by atoms with Gasteiger partial charge in [-0.15, -0.1) is 11.8 Å². The average molecular weight is 676 g/mol. The van der Waals surface area contributed by atoms with Crippen molar-refractivity contribution in [3.63, 3.8) is 0 Å². The van der Waals surface area contributed by atoms with Gasteiger partial charge in [0.2, 0.25) is 11.8 Å². The van der Waals surface area contributed by atoms with Crippen LogP contribution in [0, 0.1) is 5.92 Å². The first-order valence-electron chi connectivity index (χ1n) is 14.8. The highest BCUT2D eigenvalue weighted by Crippen LogP contribution is 2.52. The molecule has 7 nitrogen and oxygen atoms in total. The molecule has 2 aliphatic heterocycles. The number of H-pyrrole nitrogens is 1. The molecule has 1 aromatic heterocycles. The number of ether oxygens (including phenoxy) is 1. The van der Waals surface area contributed by atoms with E-state index < -0.39 is 10.8 Å². The van der Waals surface area contributed by atoms with Gasteiger partial charge in [0.25, 0.3) is 0 Å². The van der Waals surface area contributed by atoms with Crippen molar-refractivity contribution in [2.24, 2.45) is 5.92 Å². The Morgan fingerprint density at radius 2 is 1.98 bits per heavy atom. The van der Waals surface area contributed by atoms with Crippen LogP contribution in [0.1, 0.15) is 50.3 Å². The number of nitrogens with zero attached hydrogens (tertiary/aromatic N) is 2. The van der Waals surface area contributed by atoms with Crippen LogP contribution in [0.5, 0.6) is 0 Å². The second kappa shape index (κ2) is 14.2. The lowest BCUT2D eigenvalue weighted by molar-refractivity contribution is -0.129. The van der Waals surface area contributed by atoms with Gasteiger partial charge in [-0.3, -0.25) is 14.5 Å². The Labute approximate surface area is 266 Å². The number of hydrogen-bond acceptors (Lipinski definition) is 5. The second-order valence-corrected chi connectivity index (χ2v) is 14.4. The minimum Gasteiger partial charge on any atom is -0.379 e. The Morgan fingerprint density at radius 3 is 2.71 bits per heavy atom. The molecule has 3 aromatic rings. The molecule has 0 bridgehead atoms. The average Bonchev–Trinajstić information content (AvgIpc) is 3.50. The van der Waals surface area contributed by atoms with Gasteiger partial charge in [0.1, 0.15) is 4.75 Å². The van der Waals surface area contributed by atoms with Crippen molar-refractivity contribution < 1.29 is 14.3 Å². The molecule has 0 unspecified atom stereocenters. The van der Waals surface area contributed by atoms with Gasteiger partial charge in [-0.25, -0.2) is 0 Å². The largest absolute Gasteiger partial charge is 0.379 e. The fourth-order valence-electron chi connectivity index (χ4n) is 5.91. The number of rotatable bonds is 12. The van der Waals surface area contributed by atoms with E-state index in [-0.39, 0.29) is 18.2 Å². The number of carbonyl (C=O) groups excluding carboxylic acids is 2. The molecule has 2 aliphatic rings. The van der Waals surface area contributed by atoms with Crippen LogP contribution in [0.3, 0.4) is 0 Å². The SMILES string of the molecule is CC(C)CCS[C@@]1(C(=O)NCCCN2CCOCC2)CC(=O)N(Cc2ccc(Br)cc2)[C@H]1c1c[nH]c2cc(Cl)ccc12. The van der Waals surface area contributed by atoms with E-state index in [4.69, 9.17) is 16.3 Å². The minimum absolute atomic E-state index is 0.00764. The van der Waals surface area contributed by atoms with Crippen LogP contribution in [0.15, 0.2) is 53.1 Å². The molecule has 42 heavy (non-hydrogen) atoms. The Morgan fingerprint density at radius 1 is 1.21 bits per heavy atom. The van der Waals surface area contributed by atoms with Gasteiger partial charge in [-0.1, -0.05) is 59.6 Å². The van der Waals surface area contributed by atoms with Gasteiger partial charge in [0, 0.05) is 58.3 Å². The molecule has 10 heteroatoms. The summed E-state index contributed by atoms with van der Waals surface area (Å²) in [5, 5.41) is 4.89. The Hall–Kier alpha value is -2.04. The predicted octanol–water partition coefficient (Wildman–Crippen LogP) is 6.41. The summed E-state index contributed by atoms with van der Waals surface area (Å²) in [5.41, 5.74) is 2.87. The quantitative estimate of drug-likeness (QED) is 0.217. The number of thioether (sulfide) groups is 1. The number of aromatic nitrogens is 1. The highest BCUT2D eigenvalue weighted by atomic mass is 79.9. The molecule has 2 N–H and O–H groups in total. The molecule has 0 saturated carbocycles. The number of halogens is 2. The first kappa shape index (κ1) is 31.4. The number of likely N-dealkylation sites (tertiary alicyclic amines) is 1. The molecule has 226 valence electrons. The van der Waals surface area contributed by atoms with Crippen molar-refractivity contribution in [1.29, 1.82) is 0 Å². The van der Waals surface area contributed by atoms with E-state index in [1.165, 1.54) is 0 Å². The van der Waals surface area contributed by atoms with Crippen LogP contribution in [0.25, 0.3) is 10.9 Å². The normalized spacial score (nSPS) is 21.5. The molecular formula is C32H40BrClN4O3S. The zero-order valence-electron chi connectivity index (χ0n) is 24.3. The number of morpholine rings is 1. The molecule has 5 rings (SSSR count). The first-order chi connectivity index (χ1) is 20.3. The lowest BCUT2D eigenvalue weighted by Gasteiger charge is -2.36. The van der Waals surface area contributed by atoms with E-state index in [1.54, 1.807) is 11.8 Å². The Kier molecular flexibility index (Phi) is 10.6. The lowest BCUT2D eigenvalue weighted by atomic mass is 9.91. The molecule has 3 heterocycles. The topological polar surface area (TPSA) is 77.7 Å².